The summed E-state index contributed by atoms with van der Waals surface area (Å²) in [5.41, 5.74) is 1.00. The van der Waals surface area contributed by atoms with Gasteiger partial charge in [-0.05, 0) is 22.6 Å². The van der Waals surface area contributed by atoms with Gasteiger partial charge in [-0.1, -0.05) is 28.1 Å². The van der Waals surface area contributed by atoms with E-state index in [1.165, 1.54) is 0 Å². The van der Waals surface area contributed by atoms with Crippen LogP contribution >= 0.6 is 15.9 Å². The Morgan fingerprint density at radius 3 is 2.85 bits per heavy atom. The molecule has 2 rings (SSSR count). The number of halogens is 1. The average molecular weight is 239 g/mol. The monoisotopic (exact) mass is 238 g/mol. The summed E-state index contributed by atoms with van der Waals surface area (Å²) in [6.07, 6.45) is 0. The van der Waals surface area contributed by atoms with E-state index >= 15 is 0 Å². The summed E-state index contributed by atoms with van der Waals surface area (Å²) in [6.45, 7) is 0. The van der Waals surface area contributed by atoms with Crippen molar-refractivity contribution in [1.29, 1.82) is 0 Å². The van der Waals surface area contributed by atoms with E-state index < -0.39 is 0 Å². The molecule has 0 radical (unpaired) electrons. The summed E-state index contributed by atoms with van der Waals surface area (Å²) >= 11 is 3.39. The predicted molar refractivity (Wildman–Crippen MR) is 51.9 cm³/mol. The first-order chi connectivity index (χ1) is 6.27. The lowest BCUT2D eigenvalue weighted by atomic mass is 10.2. The molecule has 0 bridgehead atoms. The maximum Gasteiger partial charge on any atom is 0.181 e. The van der Waals surface area contributed by atoms with E-state index in [0.717, 1.165) is 15.9 Å². The summed E-state index contributed by atoms with van der Waals surface area (Å²) in [5, 5.41) is 11.2. The standard InChI is InChI=1S/C8H7BrN4/c1-13-8(10-11-12-13)6-3-2-4-7(9)5-6/h2-5H,1H3. The molecule has 66 valence electrons. The van der Waals surface area contributed by atoms with Gasteiger partial charge in [-0.25, -0.2) is 4.68 Å². The van der Waals surface area contributed by atoms with E-state index in [9.17, 15) is 0 Å². The lowest BCUT2D eigenvalue weighted by Gasteiger charge is -1.98. The van der Waals surface area contributed by atoms with Crippen LogP contribution in [0.1, 0.15) is 0 Å². The van der Waals surface area contributed by atoms with Crippen molar-refractivity contribution in [3.8, 4) is 11.4 Å². The van der Waals surface area contributed by atoms with Gasteiger partial charge >= 0.3 is 0 Å². The first-order valence-corrected chi connectivity index (χ1v) is 4.55. The normalized spacial score (nSPS) is 10.3. The molecule has 0 saturated heterocycles. The highest BCUT2D eigenvalue weighted by Crippen LogP contribution is 2.19. The Labute approximate surface area is 83.7 Å². The number of aromatic nitrogens is 4. The van der Waals surface area contributed by atoms with Gasteiger partial charge in [-0.2, -0.15) is 0 Å². The Kier molecular flexibility index (Phi) is 2.10. The van der Waals surface area contributed by atoms with E-state index in [-0.39, 0.29) is 0 Å². The van der Waals surface area contributed by atoms with Crippen LogP contribution in [0.3, 0.4) is 0 Å². The summed E-state index contributed by atoms with van der Waals surface area (Å²) < 4.78 is 2.66. The lowest BCUT2D eigenvalue weighted by molar-refractivity contribution is 0.714. The summed E-state index contributed by atoms with van der Waals surface area (Å²) in [5.74, 6) is 0.765. The molecule has 4 nitrogen and oxygen atoms in total. The maximum atomic E-state index is 3.91. The van der Waals surface area contributed by atoms with Gasteiger partial charge in [0.15, 0.2) is 5.82 Å². The molecule has 0 saturated carbocycles. The van der Waals surface area contributed by atoms with Crippen LogP contribution in [0.15, 0.2) is 28.7 Å². The second-order valence-corrected chi connectivity index (χ2v) is 3.55. The number of nitrogens with zero attached hydrogens (tertiary/aromatic N) is 4. The van der Waals surface area contributed by atoms with Crippen LogP contribution in [0.2, 0.25) is 0 Å². The van der Waals surface area contributed by atoms with Gasteiger partial charge in [0.2, 0.25) is 0 Å². The second-order valence-electron chi connectivity index (χ2n) is 2.64. The molecule has 0 unspecified atom stereocenters. The maximum absolute atomic E-state index is 3.91. The number of hydrogen-bond acceptors (Lipinski definition) is 3. The Hall–Kier alpha value is -1.23. The van der Waals surface area contributed by atoms with Crippen molar-refractivity contribution in [3.63, 3.8) is 0 Å². The molecule has 2 aromatic rings. The predicted octanol–water partition coefficient (Wildman–Crippen LogP) is 1.64. The first kappa shape index (κ1) is 8.37. The molecule has 0 aliphatic carbocycles. The van der Waals surface area contributed by atoms with Crippen molar-refractivity contribution >= 4 is 15.9 Å². The minimum absolute atomic E-state index is 0.765. The zero-order valence-corrected chi connectivity index (χ0v) is 8.56. The van der Waals surface area contributed by atoms with Crippen molar-refractivity contribution in [2.45, 2.75) is 0 Å². The van der Waals surface area contributed by atoms with Crippen LogP contribution in [0.5, 0.6) is 0 Å². The summed E-state index contributed by atoms with van der Waals surface area (Å²) in [4.78, 5) is 0. The molecule has 5 heteroatoms. The molecule has 0 amide bonds. The quantitative estimate of drug-likeness (QED) is 0.759. The van der Waals surface area contributed by atoms with Crippen molar-refractivity contribution < 1.29 is 0 Å². The van der Waals surface area contributed by atoms with Crippen LogP contribution in [0.25, 0.3) is 11.4 Å². The number of hydrogen-bond donors (Lipinski definition) is 0. The van der Waals surface area contributed by atoms with Gasteiger partial charge in [0.05, 0.1) is 0 Å². The molecule has 0 atom stereocenters. The summed E-state index contributed by atoms with van der Waals surface area (Å²) in [7, 11) is 1.82. The van der Waals surface area contributed by atoms with Gasteiger partial charge in [0.25, 0.3) is 0 Å². The molecule has 1 aromatic carbocycles. The van der Waals surface area contributed by atoms with Gasteiger partial charge in [-0.15, -0.1) is 5.10 Å². The number of tetrazole rings is 1. The third-order valence-electron chi connectivity index (χ3n) is 1.70. The molecule has 0 spiro atoms. The Bertz CT molecular complexity index is 424. The molecule has 1 aromatic heterocycles. The second kappa shape index (κ2) is 3.26. The molecule has 1 heterocycles. The zero-order chi connectivity index (χ0) is 9.26. The highest BCUT2D eigenvalue weighted by atomic mass is 79.9. The van der Waals surface area contributed by atoms with Crippen molar-refractivity contribution in [2.24, 2.45) is 7.05 Å². The van der Waals surface area contributed by atoms with Crippen LogP contribution in [0.4, 0.5) is 0 Å². The minimum atomic E-state index is 0.765. The van der Waals surface area contributed by atoms with Crippen LogP contribution in [-0.4, -0.2) is 20.2 Å². The molecule has 0 aliphatic heterocycles. The average Bonchev–Trinajstić information content (AvgIpc) is 2.51. The highest BCUT2D eigenvalue weighted by Gasteiger charge is 2.04. The molecular formula is C8H7BrN4. The van der Waals surface area contributed by atoms with Crippen molar-refractivity contribution in [2.75, 3.05) is 0 Å². The van der Waals surface area contributed by atoms with Crippen LogP contribution < -0.4 is 0 Å². The van der Waals surface area contributed by atoms with E-state index in [1.807, 2.05) is 31.3 Å². The van der Waals surface area contributed by atoms with Gasteiger partial charge in [0.1, 0.15) is 0 Å². The fraction of sp³-hybridized carbons (Fsp3) is 0.125. The Morgan fingerprint density at radius 1 is 1.38 bits per heavy atom. The van der Waals surface area contributed by atoms with E-state index in [0.29, 0.717) is 0 Å². The fourth-order valence-electron chi connectivity index (χ4n) is 1.10. The Morgan fingerprint density at radius 2 is 2.23 bits per heavy atom. The third-order valence-corrected chi connectivity index (χ3v) is 2.20. The number of rotatable bonds is 1. The lowest BCUT2D eigenvalue weighted by Crippen LogP contribution is -1.94. The van der Waals surface area contributed by atoms with Crippen LogP contribution in [-0.2, 0) is 7.05 Å². The largest absolute Gasteiger partial charge is 0.229 e. The van der Waals surface area contributed by atoms with Crippen molar-refractivity contribution in [1.82, 2.24) is 20.2 Å². The number of benzene rings is 1. The van der Waals surface area contributed by atoms with E-state index in [2.05, 4.69) is 31.5 Å². The van der Waals surface area contributed by atoms with Gasteiger partial charge in [0, 0.05) is 17.1 Å². The minimum Gasteiger partial charge on any atom is -0.229 e. The molecule has 13 heavy (non-hydrogen) atoms. The van der Waals surface area contributed by atoms with Gasteiger partial charge < -0.3 is 0 Å². The topological polar surface area (TPSA) is 43.6 Å². The molecular weight excluding hydrogens is 232 g/mol. The zero-order valence-electron chi connectivity index (χ0n) is 6.98. The number of aryl methyl sites for hydroxylation is 1. The molecule has 0 aliphatic rings. The van der Waals surface area contributed by atoms with E-state index in [4.69, 9.17) is 0 Å². The Balaban J connectivity index is 2.53. The first-order valence-electron chi connectivity index (χ1n) is 3.75. The van der Waals surface area contributed by atoms with Gasteiger partial charge in [-0.3, -0.25) is 0 Å². The molecule has 0 N–H and O–H groups in total. The molecule has 0 fully saturated rings. The van der Waals surface area contributed by atoms with Crippen LogP contribution in [0, 0.1) is 0 Å². The fourth-order valence-corrected chi connectivity index (χ4v) is 1.50. The highest BCUT2D eigenvalue weighted by molar-refractivity contribution is 9.10. The smallest absolute Gasteiger partial charge is 0.181 e. The van der Waals surface area contributed by atoms with E-state index in [1.54, 1.807) is 4.68 Å². The third kappa shape index (κ3) is 1.60. The van der Waals surface area contributed by atoms with Crippen molar-refractivity contribution in [3.05, 3.63) is 28.7 Å². The summed E-state index contributed by atoms with van der Waals surface area (Å²) in [6, 6.07) is 7.86. The SMILES string of the molecule is Cn1nnnc1-c1cccc(Br)c1.